The van der Waals surface area contributed by atoms with Crippen molar-refractivity contribution in [2.45, 2.75) is 26.7 Å². The minimum absolute atomic E-state index is 0.145. The van der Waals surface area contributed by atoms with E-state index < -0.39 is 17.5 Å². The molecule has 0 radical (unpaired) electrons. The Morgan fingerprint density at radius 2 is 1.62 bits per heavy atom. The molecule has 0 N–H and O–H groups in total. The van der Waals surface area contributed by atoms with Crippen LogP contribution in [0.4, 0.5) is 13.2 Å². The predicted molar refractivity (Wildman–Crippen MR) is 45.1 cm³/mol. The largest absolute Gasteiger partial charge is 0.206 e. The van der Waals surface area contributed by atoms with Crippen LogP contribution in [0.1, 0.15) is 30.9 Å². The molecule has 3 heteroatoms. The zero-order chi connectivity index (χ0) is 10.2. The Labute approximate surface area is 75.4 Å². The number of hydrogen-bond donors (Lipinski definition) is 0. The van der Waals surface area contributed by atoms with Crippen LogP contribution in [0.3, 0.4) is 0 Å². The Morgan fingerprint density at radius 1 is 1.08 bits per heavy atom. The van der Waals surface area contributed by atoms with E-state index in [1.807, 2.05) is 0 Å². The fraction of sp³-hybridized carbons (Fsp3) is 0.400. The van der Waals surface area contributed by atoms with E-state index in [1.54, 1.807) is 13.8 Å². The van der Waals surface area contributed by atoms with Crippen LogP contribution in [-0.4, -0.2) is 0 Å². The van der Waals surface area contributed by atoms with Gasteiger partial charge in [0, 0.05) is 5.56 Å². The number of hydrogen-bond acceptors (Lipinski definition) is 0. The Balaban J connectivity index is 3.41. The van der Waals surface area contributed by atoms with E-state index >= 15 is 0 Å². The third-order valence-electron chi connectivity index (χ3n) is 2.03. The van der Waals surface area contributed by atoms with Crippen molar-refractivity contribution in [2.75, 3.05) is 0 Å². The Bertz CT molecular complexity index is 329. The van der Waals surface area contributed by atoms with Gasteiger partial charge in [0.25, 0.3) is 0 Å². The highest BCUT2D eigenvalue weighted by Crippen LogP contribution is 2.24. The van der Waals surface area contributed by atoms with Gasteiger partial charge in [-0.1, -0.05) is 13.8 Å². The van der Waals surface area contributed by atoms with Crippen molar-refractivity contribution < 1.29 is 13.2 Å². The minimum Gasteiger partial charge on any atom is -0.206 e. The molecule has 1 rings (SSSR count). The molecular weight excluding hydrogens is 177 g/mol. The van der Waals surface area contributed by atoms with Gasteiger partial charge in [0.1, 0.15) is 5.82 Å². The van der Waals surface area contributed by atoms with E-state index in [2.05, 4.69) is 0 Å². The summed E-state index contributed by atoms with van der Waals surface area (Å²) >= 11 is 0. The molecule has 13 heavy (non-hydrogen) atoms. The third-order valence-corrected chi connectivity index (χ3v) is 2.03. The molecule has 1 aromatic carbocycles. The number of benzene rings is 1. The Kier molecular flexibility index (Phi) is 2.64. The summed E-state index contributed by atoms with van der Waals surface area (Å²) in [6, 6.07) is 0.919. The minimum atomic E-state index is -1.10. The molecule has 0 aliphatic carbocycles. The predicted octanol–water partition coefficient (Wildman–Crippen LogP) is 3.54. The summed E-state index contributed by atoms with van der Waals surface area (Å²) in [4.78, 5) is 0. The lowest BCUT2D eigenvalue weighted by atomic mass is 10.00. The first-order valence-corrected chi connectivity index (χ1v) is 4.09. The van der Waals surface area contributed by atoms with E-state index in [0.29, 0.717) is 0 Å². The maximum Gasteiger partial charge on any atom is 0.164 e. The van der Waals surface area contributed by atoms with Gasteiger partial charge in [0.15, 0.2) is 11.6 Å². The fourth-order valence-corrected chi connectivity index (χ4v) is 1.18. The molecule has 0 saturated carbocycles. The summed E-state index contributed by atoms with van der Waals surface area (Å²) in [5, 5.41) is 0. The molecule has 0 aliphatic rings. The monoisotopic (exact) mass is 188 g/mol. The summed E-state index contributed by atoms with van der Waals surface area (Å²) in [6.45, 7) is 4.70. The van der Waals surface area contributed by atoms with Gasteiger partial charge in [0.2, 0.25) is 0 Å². The van der Waals surface area contributed by atoms with Crippen LogP contribution in [0.2, 0.25) is 0 Å². The summed E-state index contributed by atoms with van der Waals surface area (Å²) < 4.78 is 38.9. The van der Waals surface area contributed by atoms with Crippen LogP contribution in [0.25, 0.3) is 0 Å². The van der Waals surface area contributed by atoms with E-state index in [4.69, 9.17) is 0 Å². The first-order chi connectivity index (χ1) is 5.95. The lowest BCUT2D eigenvalue weighted by Gasteiger charge is -2.10. The van der Waals surface area contributed by atoms with Crippen molar-refractivity contribution in [3.8, 4) is 0 Å². The summed E-state index contributed by atoms with van der Waals surface area (Å²) in [5.74, 6) is -2.87. The van der Waals surface area contributed by atoms with Crippen LogP contribution in [0.15, 0.2) is 6.07 Å². The highest BCUT2D eigenvalue weighted by molar-refractivity contribution is 5.29. The zero-order valence-electron chi connectivity index (χ0n) is 7.79. The second-order valence-electron chi connectivity index (χ2n) is 3.36. The summed E-state index contributed by atoms with van der Waals surface area (Å²) in [5.41, 5.74) is -0.0277. The van der Waals surface area contributed by atoms with Crippen LogP contribution >= 0.6 is 0 Å². The summed E-state index contributed by atoms with van der Waals surface area (Å²) in [7, 11) is 0. The highest BCUT2D eigenvalue weighted by atomic mass is 19.2. The van der Waals surface area contributed by atoms with Crippen LogP contribution in [0, 0.1) is 24.4 Å². The molecule has 0 bridgehead atoms. The Morgan fingerprint density at radius 3 is 2.08 bits per heavy atom. The number of halogens is 3. The molecule has 0 heterocycles. The van der Waals surface area contributed by atoms with Crippen molar-refractivity contribution in [3.63, 3.8) is 0 Å². The van der Waals surface area contributed by atoms with Gasteiger partial charge in [-0.15, -0.1) is 0 Å². The second-order valence-corrected chi connectivity index (χ2v) is 3.36. The van der Waals surface area contributed by atoms with Crippen molar-refractivity contribution >= 4 is 0 Å². The van der Waals surface area contributed by atoms with Crippen molar-refractivity contribution in [2.24, 2.45) is 0 Å². The van der Waals surface area contributed by atoms with E-state index in [-0.39, 0.29) is 17.0 Å². The van der Waals surface area contributed by atoms with E-state index in [9.17, 15) is 13.2 Å². The van der Waals surface area contributed by atoms with Gasteiger partial charge in [0.05, 0.1) is 0 Å². The topological polar surface area (TPSA) is 0 Å². The van der Waals surface area contributed by atoms with Crippen LogP contribution in [0.5, 0.6) is 0 Å². The van der Waals surface area contributed by atoms with Gasteiger partial charge < -0.3 is 0 Å². The average molecular weight is 188 g/mol. The lowest BCUT2D eigenvalue weighted by molar-refractivity contribution is 0.478. The molecule has 0 nitrogen and oxygen atoms in total. The molecule has 0 aliphatic heterocycles. The fourth-order valence-electron chi connectivity index (χ4n) is 1.18. The van der Waals surface area contributed by atoms with Crippen LogP contribution in [-0.2, 0) is 0 Å². The van der Waals surface area contributed by atoms with E-state index in [1.165, 1.54) is 6.92 Å². The third kappa shape index (κ3) is 1.69. The first-order valence-electron chi connectivity index (χ1n) is 4.09. The number of rotatable bonds is 1. The molecule has 0 spiro atoms. The Hall–Kier alpha value is -0.990. The van der Waals surface area contributed by atoms with Gasteiger partial charge in [-0.05, 0) is 24.5 Å². The zero-order valence-corrected chi connectivity index (χ0v) is 7.79. The van der Waals surface area contributed by atoms with Crippen LogP contribution < -0.4 is 0 Å². The van der Waals surface area contributed by atoms with E-state index in [0.717, 1.165) is 6.07 Å². The van der Waals surface area contributed by atoms with Crippen molar-refractivity contribution in [1.29, 1.82) is 0 Å². The standard InChI is InChI=1S/C10H11F3/c1-5(2)7-4-8(11)10(13)6(3)9(7)12/h4-5H,1-3H3. The summed E-state index contributed by atoms with van der Waals surface area (Å²) in [6.07, 6.45) is 0. The molecule has 0 unspecified atom stereocenters. The van der Waals surface area contributed by atoms with Gasteiger partial charge in [-0.25, -0.2) is 13.2 Å². The smallest absolute Gasteiger partial charge is 0.164 e. The second kappa shape index (κ2) is 3.40. The quantitative estimate of drug-likeness (QED) is 0.591. The normalized spacial score (nSPS) is 11.0. The highest BCUT2D eigenvalue weighted by Gasteiger charge is 2.16. The lowest BCUT2D eigenvalue weighted by Crippen LogP contribution is -2.01. The van der Waals surface area contributed by atoms with Crippen molar-refractivity contribution in [1.82, 2.24) is 0 Å². The molecule has 1 aromatic rings. The first kappa shape index (κ1) is 10.1. The molecule has 0 atom stereocenters. The van der Waals surface area contributed by atoms with Crippen molar-refractivity contribution in [3.05, 3.63) is 34.6 Å². The molecule has 0 aromatic heterocycles. The van der Waals surface area contributed by atoms with Gasteiger partial charge in [-0.2, -0.15) is 0 Å². The molecule has 0 fully saturated rings. The molecular formula is C10H11F3. The molecule has 0 amide bonds. The average Bonchev–Trinajstić information content (AvgIpc) is 2.07. The van der Waals surface area contributed by atoms with Gasteiger partial charge >= 0.3 is 0 Å². The maximum atomic E-state index is 13.3. The molecule has 72 valence electrons. The SMILES string of the molecule is Cc1c(F)c(F)cc(C(C)C)c1F. The molecule has 0 saturated heterocycles. The van der Waals surface area contributed by atoms with Gasteiger partial charge in [-0.3, -0.25) is 0 Å². The maximum absolute atomic E-state index is 13.3.